The number of anilines is 1. The number of nitro groups is 1. The number of hydrogen-bond donors (Lipinski definition) is 1. The largest absolute Gasteiger partial charge is 0.465 e. The van der Waals surface area contributed by atoms with Crippen LogP contribution in [-0.4, -0.2) is 23.9 Å². The zero-order chi connectivity index (χ0) is 25.1. The maximum atomic E-state index is 12.9. The van der Waals surface area contributed by atoms with Gasteiger partial charge in [-0.15, -0.1) is 11.3 Å². The lowest BCUT2D eigenvalue weighted by Gasteiger charge is -2.11. The molecule has 11 heteroatoms. The van der Waals surface area contributed by atoms with E-state index in [0.29, 0.717) is 21.9 Å². The van der Waals surface area contributed by atoms with Crippen LogP contribution in [0.1, 0.15) is 39.4 Å². The van der Waals surface area contributed by atoms with E-state index in [2.05, 4.69) is 5.32 Å². The molecule has 0 bridgehead atoms. The fourth-order valence-electron chi connectivity index (χ4n) is 3.83. The van der Waals surface area contributed by atoms with E-state index in [1.165, 1.54) is 42.7 Å². The van der Waals surface area contributed by atoms with Crippen molar-refractivity contribution in [2.75, 3.05) is 12.4 Å². The number of nitriles is 1. The molecule has 0 fully saturated rings. The zero-order valence-corrected chi connectivity index (χ0v) is 20.0. The Morgan fingerprint density at radius 1 is 1.29 bits per heavy atom. The molecule has 0 unspecified atom stereocenters. The number of esters is 1. The number of halogens is 1. The number of nitro benzene ring substituents is 1. The van der Waals surface area contributed by atoms with Crippen LogP contribution in [0.25, 0.3) is 17.4 Å². The highest BCUT2D eigenvalue weighted by Crippen LogP contribution is 2.39. The zero-order valence-electron chi connectivity index (χ0n) is 18.4. The first kappa shape index (κ1) is 24.2. The molecule has 0 saturated heterocycles. The monoisotopic (exact) mass is 511 g/mol. The minimum absolute atomic E-state index is 0.124. The standard InChI is InChI=1S/C24H18ClN3O6S/c1-33-24(30)21-17-4-2-3-5-20(17)35-23(21)27-22(29)13(12-26)10-15-7-9-19(34-15)16-8-6-14(28(31)32)11-18(16)25/h6-11H,2-5H2,1H3,(H,27,29)/b13-10-. The number of amides is 1. The van der Waals surface area contributed by atoms with Crippen molar-refractivity contribution in [1.29, 1.82) is 5.26 Å². The topological polar surface area (TPSA) is 135 Å². The molecule has 0 spiro atoms. The van der Waals surface area contributed by atoms with Gasteiger partial charge in [0.25, 0.3) is 11.6 Å². The van der Waals surface area contributed by atoms with E-state index in [9.17, 15) is 25.0 Å². The average Bonchev–Trinajstić information content (AvgIpc) is 3.46. The second-order valence-electron chi connectivity index (χ2n) is 7.65. The summed E-state index contributed by atoms with van der Waals surface area (Å²) in [6, 6.07) is 8.94. The van der Waals surface area contributed by atoms with Crippen molar-refractivity contribution in [2.45, 2.75) is 25.7 Å². The van der Waals surface area contributed by atoms with Crippen LogP contribution in [0.2, 0.25) is 5.02 Å². The maximum absolute atomic E-state index is 12.9. The van der Waals surface area contributed by atoms with Gasteiger partial charge in [-0.2, -0.15) is 5.26 Å². The third-order valence-corrected chi connectivity index (χ3v) is 7.02. The molecule has 0 radical (unpaired) electrons. The smallest absolute Gasteiger partial charge is 0.341 e. The van der Waals surface area contributed by atoms with Gasteiger partial charge in [0.2, 0.25) is 0 Å². The molecule has 0 saturated carbocycles. The van der Waals surface area contributed by atoms with Crippen LogP contribution in [0.5, 0.6) is 0 Å². The highest BCUT2D eigenvalue weighted by atomic mass is 35.5. The van der Waals surface area contributed by atoms with Crippen LogP contribution in [0.4, 0.5) is 10.7 Å². The number of nitrogens with zero attached hydrogens (tertiary/aromatic N) is 2. The minimum atomic E-state index is -0.692. The van der Waals surface area contributed by atoms with E-state index in [1.807, 2.05) is 6.07 Å². The SMILES string of the molecule is COC(=O)c1c(NC(=O)/C(C#N)=C\c2ccc(-c3ccc([N+](=O)[O-])cc3Cl)o2)sc2c1CCCC2. The number of fused-ring (bicyclic) bond motifs is 1. The van der Waals surface area contributed by atoms with Crippen molar-refractivity contribution in [2.24, 2.45) is 0 Å². The Morgan fingerprint density at radius 2 is 2.06 bits per heavy atom. The van der Waals surface area contributed by atoms with Crippen molar-refractivity contribution in [3.8, 4) is 17.4 Å². The van der Waals surface area contributed by atoms with Gasteiger partial charge in [0.1, 0.15) is 28.2 Å². The van der Waals surface area contributed by atoms with Crippen molar-refractivity contribution in [3.05, 3.63) is 72.8 Å². The summed E-state index contributed by atoms with van der Waals surface area (Å²) >= 11 is 7.47. The maximum Gasteiger partial charge on any atom is 0.341 e. The van der Waals surface area contributed by atoms with Crippen molar-refractivity contribution >= 4 is 51.6 Å². The van der Waals surface area contributed by atoms with E-state index >= 15 is 0 Å². The highest BCUT2D eigenvalue weighted by molar-refractivity contribution is 7.17. The Morgan fingerprint density at radius 3 is 2.74 bits per heavy atom. The highest BCUT2D eigenvalue weighted by Gasteiger charge is 2.27. The summed E-state index contributed by atoms with van der Waals surface area (Å²) in [5, 5.41) is 23.6. The number of ether oxygens (including phenoxy) is 1. The van der Waals surface area contributed by atoms with Crippen LogP contribution in [0, 0.1) is 21.4 Å². The Kier molecular flexibility index (Phi) is 7.00. The predicted molar refractivity (Wildman–Crippen MR) is 130 cm³/mol. The molecule has 2 aromatic heterocycles. The molecule has 3 aromatic rings. The first-order valence-electron chi connectivity index (χ1n) is 10.5. The summed E-state index contributed by atoms with van der Waals surface area (Å²) in [6.07, 6.45) is 4.77. The number of rotatable bonds is 6. The number of carbonyl (C=O) groups is 2. The number of carbonyl (C=O) groups excluding carboxylic acids is 2. The molecule has 1 aromatic carbocycles. The fourth-order valence-corrected chi connectivity index (χ4v) is 5.37. The summed E-state index contributed by atoms with van der Waals surface area (Å²) in [5.74, 6) is -0.701. The molecule has 178 valence electrons. The average molecular weight is 512 g/mol. The molecule has 2 heterocycles. The Labute approximate surface area is 208 Å². The minimum Gasteiger partial charge on any atom is -0.465 e. The predicted octanol–water partition coefficient (Wildman–Crippen LogP) is 5.78. The Hall–Kier alpha value is -3.94. The lowest BCUT2D eigenvalue weighted by Crippen LogP contribution is -2.16. The molecule has 1 amide bonds. The molecule has 1 N–H and O–H groups in total. The normalized spacial score (nSPS) is 13.0. The van der Waals surface area contributed by atoms with E-state index in [1.54, 1.807) is 12.1 Å². The van der Waals surface area contributed by atoms with E-state index < -0.39 is 16.8 Å². The number of benzene rings is 1. The summed E-state index contributed by atoms with van der Waals surface area (Å²) < 4.78 is 10.6. The first-order valence-corrected chi connectivity index (χ1v) is 11.7. The number of nitrogens with one attached hydrogen (secondary N) is 1. The molecule has 1 aliphatic rings. The van der Waals surface area contributed by atoms with Gasteiger partial charge < -0.3 is 14.5 Å². The van der Waals surface area contributed by atoms with Gasteiger partial charge in [-0.3, -0.25) is 14.9 Å². The van der Waals surface area contributed by atoms with Crippen molar-refractivity contribution in [1.82, 2.24) is 0 Å². The van der Waals surface area contributed by atoms with Crippen molar-refractivity contribution in [3.63, 3.8) is 0 Å². The van der Waals surface area contributed by atoms with Gasteiger partial charge in [-0.1, -0.05) is 11.6 Å². The quantitative estimate of drug-likeness (QED) is 0.145. The van der Waals surface area contributed by atoms with E-state index in [4.69, 9.17) is 20.8 Å². The van der Waals surface area contributed by atoms with Gasteiger partial charge >= 0.3 is 5.97 Å². The molecule has 4 rings (SSSR count). The van der Waals surface area contributed by atoms with Gasteiger partial charge in [-0.25, -0.2) is 4.79 Å². The van der Waals surface area contributed by atoms with Crippen LogP contribution in [0.15, 0.2) is 40.3 Å². The second kappa shape index (κ2) is 10.1. The lowest BCUT2D eigenvalue weighted by molar-refractivity contribution is -0.384. The fraction of sp³-hybridized carbons (Fsp3) is 0.208. The molecule has 9 nitrogen and oxygen atoms in total. The summed E-state index contributed by atoms with van der Waals surface area (Å²) in [6.45, 7) is 0. The van der Waals surface area contributed by atoms with E-state index in [-0.39, 0.29) is 22.0 Å². The number of thiophene rings is 1. The first-order chi connectivity index (χ1) is 16.8. The van der Waals surface area contributed by atoms with Crippen LogP contribution in [0.3, 0.4) is 0 Å². The number of aryl methyl sites for hydroxylation is 1. The third-order valence-electron chi connectivity index (χ3n) is 5.50. The van der Waals surface area contributed by atoms with Crippen LogP contribution in [-0.2, 0) is 22.4 Å². The summed E-state index contributed by atoms with van der Waals surface area (Å²) in [5.41, 5.74) is 1.26. The van der Waals surface area contributed by atoms with Crippen LogP contribution < -0.4 is 5.32 Å². The molecule has 1 aliphatic carbocycles. The summed E-state index contributed by atoms with van der Waals surface area (Å²) in [7, 11) is 1.28. The molecule has 0 atom stereocenters. The number of hydrogen-bond acceptors (Lipinski definition) is 8. The Balaban J connectivity index is 1.59. The Bertz CT molecular complexity index is 1410. The molecule has 35 heavy (non-hydrogen) atoms. The number of furan rings is 1. The lowest BCUT2D eigenvalue weighted by atomic mass is 9.95. The van der Waals surface area contributed by atoms with Gasteiger partial charge in [0.05, 0.1) is 22.6 Å². The van der Waals surface area contributed by atoms with Crippen molar-refractivity contribution < 1.29 is 23.7 Å². The number of non-ortho nitro benzene ring substituents is 1. The van der Waals surface area contributed by atoms with E-state index in [0.717, 1.165) is 36.1 Å². The molecule has 0 aliphatic heterocycles. The van der Waals surface area contributed by atoms with Gasteiger partial charge in [0, 0.05) is 28.6 Å². The molecular weight excluding hydrogens is 494 g/mol. The van der Waals surface area contributed by atoms with Crippen LogP contribution >= 0.6 is 22.9 Å². The second-order valence-corrected chi connectivity index (χ2v) is 9.17. The summed E-state index contributed by atoms with van der Waals surface area (Å²) in [4.78, 5) is 36.7. The van der Waals surface area contributed by atoms with Gasteiger partial charge in [0.15, 0.2) is 0 Å². The van der Waals surface area contributed by atoms with Gasteiger partial charge in [-0.05, 0) is 49.4 Å². The molecular formula is C24H18ClN3O6S. The third kappa shape index (κ3) is 4.96. The number of methoxy groups -OCH3 is 1.